The van der Waals surface area contributed by atoms with E-state index in [0.717, 1.165) is 16.8 Å². The summed E-state index contributed by atoms with van der Waals surface area (Å²) in [6.45, 7) is 3.99. The second-order valence-corrected chi connectivity index (χ2v) is 6.42. The highest BCUT2D eigenvalue weighted by Gasteiger charge is 2.14. The molecule has 128 valence electrons. The molecule has 1 aromatic carbocycles. The summed E-state index contributed by atoms with van der Waals surface area (Å²) in [6.07, 6.45) is 1.66. The molecule has 0 saturated heterocycles. The Morgan fingerprint density at radius 1 is 1.20 bits per heavy atom. The van der Waals surface area contributed by atoms with Gasteiger partial charge in [0.15, 0.2) is 0 Å². The molecule has 0 atom stereocenters. The molecule has 3 aromatic rings. The first-order valence-corrected chi connectivity index (χ1v) is 8.65. The maximum atomic E-state index is 12.2. The van der Waals surface area contributed by atoms with Crippen molar-refractivity contribution >= 4 is 23.4 Å². The number of nitrogens with two attached hydrogens (primary N) is 1. The van der Waals surface area contributed by atoms with Gasteiger partial charge in [0.05, 0.1) is 5.75 Å². The van der Waals surface area contributed by atoms with Gasteiger partial charge < -0.3 is 11.2 Å². The van der Waals surface area contributed by atoms with Crippen LogP contribution in [0.25, 0.3) is 11.5 Å². The molecule has 1 amide bonds. The number of amides is 1. The van der Waals surface area contributed by atoms with E-state index in [1.165, 1.54) is 16.4 Å². The maximum absolute atomic E-state index is 12.2. The third kappa shape index (κ3) is 3.80. The Bertz CT molecular complexity index is 893. The van der Waals surface area contributed by atoms with Crippen LogP contribution in [-0.4, -0.2) is 31.5 Å². The fourth-order valence-electron chi connectivity index (χ4n) is 2.25. The van der Waals surface area contributed by atoms with Gasteiger partial charge in [-0.1, -0.05) is 30.0 Å². The summed E-state index contributed by atoms with van der Waals surface area (Å²) in [6, 6.07) is 11.3. The number of nitrogens with zero attached hydrogens (tertiary/aromatic N) is 4. The number of rotatable bonds is 5. The highest BCUT2D eigenvalue weighted by Crippen LogP contribution is 2.21. The van der Waals surface area contributed by atoms with Crippen LogP contribution in [-0.2, 0) is 4.79 Å². The summed E-state index contributed by atoms with van der Waals surface area (Å²) < 4.78 is 1.35. The largest absolute Gasteiger partial charge is 0.335 e. The van der Waals surface area contributed by atoms with E-state index in [-0.39, 0.29) is 11.7 Å². The number of anilines is 1. The minimum absolute atomic E-state index is 0.124. The quantitative estimate of drug-likeness (QED) is 0.539. The smallest absolute Gasteiger partial charge is 0.234 e. The van der Waals surface area contributed by atoms with Crippen LogP contribution in [0.1, 0.15) is 11.1 Å². The van der Waals surface area contributed by atoms with Crippen molar-refractivity contribution in [1.82, 2.24) is 19.9 Å². The summed E-state index contributed by atoms with van der Waals surface area (Å²) in [5.74, 6) is 6.54. The van der Waals surface area contributed by atoms with Gasteiger partial charge in [0.1, 0.15) is 5.69 Å². The van der Waals surface area contributed by atoms with Gasteiger partial charge in [0.2, 0.25) is 16.9 Å². The van der Waals surface area contributed by atoms with Crippen LogP contribution in [0.4, 0.5) is 5.69 Å². The topological polar surface area (TPSA) is 98.7 Å². The molecule has 0 aliphatic rings. The second kappa shape index (κ2) is 7.35. The lowest BCUT2D eigenvalue weighted by Crippen LogP contribution is -2.17. The van der Waals surface area contributed by atoms with Crippen molar-refractivity contribution in [3.05, 3.63) is 53.7 Å². The maximum Gasteiger partial charge on any atom is 0.234 e. The first kappa shape index (κ1) is 17.0. The lowest BCUT2D eigenvalue weighted by molar-refractivity contribution is -0.113. The molecule has 8 heteroatoms. The highest BCUT2D eigenvalue weighted by molar-refractivity contribution is 7.99. The predicted molar refractivity (Wildman–Crippen MR) is 98.7 cm³/mol. The zero-order valence-electron chi connectivity index (χ0n) is 13.9. The molecule has 2 heterocycles. The zero-order valence-corrected chi connectivity index (χ0v) is 14.7. The Morgan fingerprint density at radius 2 is 2.04 bits per heavy atom. The Kier molecular flexibility index (Phi) is 4.99. The predicted octanol–water partition coefficient (Wildman–Crippen LogP) is 2.40. The first-order valence-electron chi connectivity index (χ1n) is 7.67. The van der Waals surface area contributed by atoms with Crippen molar-refractivity contribution in [2.75, 3.05) is 16.9 Å². The lowest BCUT2D eigenvalue weighted by atomic mass is 10.1. The molecule has 3 N–H and O–H groups in total. The third-order valence-corrected chi connectivity index (χ3v) is 4.71. The molecule has 3 rings (SSSR count). The molecule has 0 aliphatic heterocycles. The van der Waals surface area contributed by atoms with Crippen LogP contribution in [0, 0.1) is 13.8 Å². The zero-order chi connectivity index (χ0) is 17.8. The number of benzene rings is 1. The number of hydrogen-bond acceptors (Lipinski definition) is 6. The van der Waals surface area contributed by atoms with Crippen molar-refractivity contribution in [1.29, 1.82) is 0 Å². The van der Waals surface area contributed by atoms with Crippen LogP contribution in [0.3, 0.4) is 0 Å². The van der Waals surface area contributed by atoms with E-state index in [0.29, 0.717) is 16.7 Å². The molecule has 0 saturated carbocycles. The molecule has 0 spiro atoms. The number of aromatic nitrogens is 4. The van der Waals surface area contributed by atoms with E-state index in [1.54, 1.807) is 12.3 Å². The number of carbonyl (C=O) groups is 1. The molecular weight excluding hydrogens is 336 g/mol. The van der Waals surface area contributed by atoms with Gasteiger partial charge in [-0.3, -0.25) is 9.78 Å². The first-order chi connectivity index (χ1) is 12.1. The van der Waals surface area contributed by atoms with Crippen molar-refractivity contribution in [3.8, 4) is 11.5 Å². The molecule has 0 fully saturated rings. The normalized spacial score (nSPS) is 10.6. The van der Waals surface area contributed by atoms with Gasteiger partial charge in [0.25, 0.3) is 0 Å². The van der Waals surface area contributed by atoms with Gasteiger partial charge in [-0.2, -0.15) is 0 Å². The van der Waals surface area contributed by atoms with Crippen molar-refractivity contribution < 1.29 is 4.79 Å². The molecule has 0 unspecified atom stereocenters. The Balaban J connectivity index is 1.65. The number of aryl methyl sites for hydroxylation is 1. The van der Waals surface area contributed by atoms with E-state index in [9.17, 15) is 4.79 Å². The van der Waals surface area contributed by atoms with E-state index >= 15 is 0 Å². The number of carbonyl (C=O) groups excluding carboxylic acids is 1. The van der Waals surface area contributed by atoms with Gasteiger partial charge in [-0.05, 0) is 43.2 Å². The summed E-state index contributed by atoms with van der Waals surface area (Å²) in [4.78, 5) is 16.4. The van der Waals surface area contributed by atoms with Crippen LogP contribution < -0.4 is 11.2 Å². The number of nitrogens with one attached hydrogen (secondary N) is 1. The molecule has 0 radical (unpaired) electrons. The molecule has 0 bridgehead atoms. The van der Waals surface area contributed by atoms with Crippen LogP contribution in [0.5, 0.6) is 0 Å². The Morgan fingerprint density at radius 3 is 2.80 bits per heavy atom. The summed E-state index contributed by atoms with van der Waals surface area (Å²) in [7, 11) is 0. The second-order valence-electron chi connectivity index (χ2n) is 5.48. The lowest BCUT2D eigenvalue weighted by Gasteiger charge is -2.10. The van der Waals surface area contributed by atoms with E-state index < -0.39 is 0 Å². The van der Waals surface area contributed by atoms with Crippen molar-refractivity contribution in [2.24, 2.45) is 0 Å². The van der Waals surface area contributed by atoms with E-state index in [1.807, 2.05) is 44.2 Å². The van der Waals surface area contributed by atoms with Crippen molar-refractivity contribution in [3.63, 3.8) is 0 Å². The summed E-state index contributed by atoms with van der Waals surface area (Å²) >= 11 is 1.22. The minimum Gasteiger partial charge on any atom is -0.335 e. The SMILES string of the molecule is Cc1cccc(NC(=O)CSc2nnc(-c3ccccn3)n2N)c1C. The van der Waals surface area contributed by atoms with Gasteiger partial charge >= 0.3 is 0 Å². The van der Waals surface area contributed by atoms with Crippen molar-refractivity contribution in [2.45, 2.75) is 19.0 Å². The van der Waals surface area contributed by atoms with Crippen LogP contribution in [0.2, 0.25) is 0 Å². The number of pyridine rings is 1. The van der Waals surface area contributed by atoms with E-state index in [2.05, 4.69) is 20.5 Å². The van der Waals surface area contributed by atoms with Crippen LogP contribution in [0.15, 0.2) is 47.8 Å². The Labute approximate surface area is 149 Å². The summed E-state index contributed by atoms with van der Waals surface area (Å²) in [5.41, 5.74) is 3.63. The molecule has 2 aromatic heterocycles. The van der Waals surface area contributed by atoms with Gasteiger partial charge in [-0.15, -0.1) is 10.2 Å². The average Bonchev–Trinajstić information content (AvgIpc) is 2.99. The molecule has 7 nitrogen and oxygen atoms in total. The third-order valence-electron chi connectivity index (χ3n) is 3.77. The Hall–Kier alpha value is -2.87. The van der Waals surface area contributed by atoms with Gasteiger partial charge in [0, 0.05) is 11.9 Å². The van der Waals surface area contributed by atoms with Crippen LogP contribution >= 0.6 is 11.8 Å². The number of nitrogen functional groups attached to an aromatic ring is 1. The van der Waals surface area contributed by atoms with Gasteiger partial charge in [-0.25, -0.2) is 4.68 Å². The monoisotopic (exact) mass is 354 g/mol. The standard InChI is InChI=1S/C17H18N6OS/c1-11-6-5-8-13(12(11)2)20-15(24)10-25-17-22-21-16(23(17)18)14-7-3-4-9-19-14/h3-9H,10,18H2,1-2H3,(H,20,24). The number of thioether (sulfide) groups is 1. The fourth-order valence-corrected chi connectivity index (χ4v) is 2.90. The number of hydrogen-bond donors (Lipinski definition) is 2. The van der Waals surface area contributed by atoms with E-state index in [4.69, 9.17) is 5.84 Å². The fraction of sp³-hybridized carbons (Fsp3) is 0.176. The summed E-state index contributed by atoms with van der Waals surface area (Å²) in [5, 5.41) is 11.4. The molecular formula is C17H18N6OS. The highest BCUT2D eigenvalue weighted by atomic mass is 32.2. The average molecular weight is 354 g/mol. The molecule has 0 aliphatic carbocycles. The minimum atomic E-state index is -0.124. The molecule has 25 heavy (non-hydrogen) atoms.